The third kappa shape index (κ3) is 3.66. The minimum atomic E-state index is 0.0179. The smallest absolute Gasteiger partial charge is 0.197 e. The molecule has 15 aromatic rings. The van der Waals surface area contributed by atoms with Gasteiger partial charge in [0.25, 0.3) is 0 Å². The maximum absolute atomic E-state index is 14.7. The van der Waals surface area contributed by atoms with Crippen molar-refractivity contribution in [2.45, 2.75) is 0 Å². The first-order valence-corrected chi connectivity index (χ1v) is 21.0. The van der Waals surface area contributed by atoms with E-state index in [4.69, 9.17) is 0 Å². The zero-order chi connectivity index (χ0) is 40.5. The third-order valence-corrected chi connectivity index (χ3v) is 13.8. The summed E-state index contributed by atoms with van der Waals surface area (Å²) in [7, 11) is 0. The Kier molecular flexibility index (Phi) is 5.85. The van der Waals surface area contributed by atoms with Crippen molar-refractivity contribution in [2.24, 2.45) is 0 Å². The van der Waals surface area contributed by atoms with Crippen LogP contribution in [0.4, 0.5) is 0 Å². The average molecular weight is 791 g/mol. The second-order valence-corrected chi connectivity index (χ2v) is 16.7. The number of para-hydroxylation sites is 8. The first kappa shape index (κ1) is 32.4. The lowest BCUT2D eigenvalue weighted by molar-refractivity contribution is 1.16. The van der Waals surface area contributed by atoms with Crippen LogP contribution in [0.15, 0.2) is 192 Å². The van der Waals surface area contributed by atoms with Crippen LogP contribution in [-0.2, 0) is 0 Å². The SMILES string of the molecule is O=c1c2ccccc2n2c3c(-n4c5ccccc5c5ccccc54)c4c(c(-n5c6ccccc6c6ccccc65)c3c3cccc1c32)c1cccc2c(=O)c3ccccc3n4c21. The summed E-state index contributed by atoms with van der Waals surface area (Å²) in [6.45, 7) is 0. The van der Waals surface area contributed by atoms with E-state index in [1.807, 2.05) is 60.7 Å². The number of benzene rings is 9. The number of pyridine rings is 2. The van der Waals surface area contributed by atoms with Gasteiger partial charge in [-0.2, -0.15) is 0 Å². The van der Waals surface area contributed by atoms with E-state index in [1.54, 1.807) is 0 Å². The Morgan fingerprint density at radius 1 is 0.242 bits per heavy atom. The molecule has 0 radical (unpaired) electrons. The molecular formula is C56H30N4O2. The number of hydrogen-bond acceptors (Lipinski definition) is 2. The Morgan fingerprint density at radius 2 is 0.532 bits per heavy atom. The van der Waals surface area contributed by atoms with Crippen LogP contribution in [-0.4, -0.2) is 17.9 Å². The number of hydrogen-bond donors (Lipinski definition) is 0. The molecule has 0 aliphatic heterocycles. The summed E-state index contributed by atoms with van der Waals surface area (Å²) in [5.74, 6) is 0. The van der Waals surface area contributed by atoms with E-state index in [0.717, 1.165) is 110 Å². The van der Waals surface area contributed by atoms with E-state index >= 15 is 0 Å². The van der Waals surface area contributed by atoms with Gasteiger partial charge >= 0.3 is 0 Å². The molecule has 0 N–H and O–H groups in total. The van der Waals surface area contributed by atoms with Gasteiger partial charge in [-0.05, 0) is 60.7 Å². The van der Waals surface area contributed by atoms with Gasteiger partial charge in [-0.1, -0.05) is 121 Å². The molecule has 0 saturated carbocycles. The summed E-state index contributed by atoms with van der Waals surface area (Å²) in [6, 6.07) is 63.2. The van der Waals surface area contributed by atoms with Crippen molar-refractivity contribution < 1.29 is 0 Å². The molecule has 0 fully saturated rings. The molecule has 286 valence electrons. The zero-order valence-corrected chi connectivity index (χ0v) is 32.9. The number of rotatable bonds is 2. The van der Waals surface area contributed by atoms with Gasteiger partial charge in [0.15, 0.2) is 10.9 Å². The lowest BCUT2D eigenvalue weighted by Gasteiger charge is -2.19. The maximum atomic E-state index is 14.7. The standard InChI is InChI=1S/C56H30N4O2/c61-55-35-19-5-11-29-45(35)59-49-37(21-13-23-39(49)55)47-51(57-41-25-7-1-15-31(41)32-16-2-8-26-42(32)57)48-38-22-14-24-40-50(38)60(46-30-12-6-20-36(46)56(40)62)53(48)54(52(47)59)58-43-27-9-3-17-33(43)34-18-4-10-28-44(34)58/h1-30H. The molecule has 6 heteroatoms. The quantitative estimate of drug-likeness (QED) is 0.164. The first-order valence-electron chi connectivity index (χ1n) is 21.0. The van der Waals surface area contributed by atoms with Crippen LogP contribution in [0.3, 0.4) is 0 Å². The average Bonchev–Trinajstić information content (AvgIpc) is 4.06. The van der Waals surface area contributed by atoms with Crippen molar-refractivity contribution in [2.75, 3.05) is 0 Å². The summed E-state index contributed by atoms with van der Waals surface area (Å²) in [5, 5.41) is 11.3. The van der Waals surface area contributed by atoms with Crippen LogP contribution >= 0.6 is 0 Å². The molecule has 0 aliphatic carbocycles. The molecule has 0 atom stereocenters. The molecule has 62 heavy (non-hydrogen) atoms. The van der Waals surface area contributed by atoms with E-state index in [2.05, 4.69) is 139 Å². The Bertz CT molecular complexity index is 4340. The second-order valence-electron chi connectivity index (χ2n) is 16.7. The van der Waals surface area contributed by atoms with Crippen LogP contribution in [0.25, 0.3) is 131 Å². The maximum Gasteiger partial charge on any atom is 0.197 e. The fourth-order valence-electron chi connectivity index (χ4n) is 11.5. The molecule has 6 heterocycles. The van der Waals surface area contributed by atoms with Gasteiger partial charge in [0.2, 0.25) is 0 Å². The Labute approximate surface area is 350 Å². The zero-order valence-electron chi connectivity index (χ0n) is 32.9. The highest BCUT2D eigenvalue weighted by Crippen LogP contribution is 2.51. The molecule has 0 bridgehead atoms. The number of aromatic nitrogens is 4. The molecule has 0 aliphatic rings. The lowest BCUT2D eigenvalue weighted by atomic mass is 10.0. The van der Waals surface area contributed by atoms with Gasteiger partial charge in [-0.15, -0.1) is 0 Å². The van der Waals surface area contributed by atoms with E-state index in [0.29, 0.717) is 21.5 Å². The number of fused-ring (bicyclic) bond motifs is 16. The molecule has 6 aromatic heterocycles. The highest BCUT2D eigenvalue weighted by Gasteiger charge is 2.32. The van der Waals surface area contributed by atoms with E-state index < -0.39 is 0 Å². The summed E-state index contributed by atoms with van der Waals surface area (Å²) >= 11 is 0. The van der Waals surface area contributed by atoms with Gasteiger partial charge in [0.1, 0.15) is 0 Å². The van der Waals surface area contributed by atoms with Crippen molar-refractivity contribution in [1.82, 2.24) is 17.9 Å². The third-order valence-electron chi connectivity index (χ3n) is 13.8. The summed E-state index contributed by atoms with van der Waals surface area (Å²) in [6.07, 6.45) is 0. The van der Waals surface area contributed by atoms with Crippen molar-refractivity contribution in [3.8, 4) is 11.4 Å². The summed E-state index contributed by atoms with van der Waals surface area (Å²) in [5.41, 5.74) is 11.8. The molecule has 0 amide bonds. The predicted octanol–water partition coefficient (Wildman–Crippen LogP) is 12.9. The van der Waals surface area contributed by atoms with E-state index in [9.17, 15) is 9.59 Å². The van der Waals surface area contributed by atoms with E-state index in [-0.39, 0.29) is 10.9 Å². The van der Waals surface area contributed by atoms with Gasteiger partial charge in [0, 0.05) is 64.6 Å². The summed E-state index contributed by atoms with van der Waals surface area (Å²) in [4.78, 5) is 29.4. The van der Waals surface area contributed by atoms with Gasteiger partial charge in [-0.3, -0.25) is 9.59 Å². The fraction of sp³-hybridized carbons (Fsp3) is 0. The Hall–Kier alpha value is -8.48. The Balaban J connectivity index is 1.40. The van der Waals surface area contributed by atoms with Crippen LogP contribution in [0.1, 0.15) is 0 Å². The van der Waals surface area contributed by atoms with E-state index in [1.165, 1.54) is 0 Å². The van der Waals surface area contributed by atoms with Gasteiger partial charge < -0.3 is 17.9 Å². The Morgan fingerprint density at radius 3 is 0.919 bits per heavy atom. The molecule has 15 rings (SSSR count). The molecule has 0 spiro atoms. The van der Waals surface area contributed by atoms with Crippen molar-refractivity contribution in [3.05, 3.63) is 202 Å². The monoisotopic (exact) mass is 790 g/mol. The number of nitrogens with zero attached hydrogens (tertiary/aromatic N) is 4. The van der Waals surface area contributed by atoms with Crippen molar-refractivity contribution in [1.29, 1.82) is 0 Å². The molecular weight excluding hydrogens is 761 g/mol. The minimum Gasteiger partial charge on any atom is -0.308 e. The molecule has 9 aromatic carbocycles. The minimum absolute atomic E-state index is 0.0179. The van der Waals surface area contributed by atoms with Crippen LogP contribution in [0.5, 0.6) is 0 Å². The lowest BCUT2D eigenvalue weighted by Crippen LogP contribution is -2.08. The largest absolute Gasteiger partial charge is 0.308 e. The van der Waals surface area contributed by atoms with Crippen molar-refractivity contribution >= 4 is 120 Å². The summed E-state index contributed by atoms with van der Waals surface area (Å²) < 4.78 is 9.65. The molecule has 6 nitrogen and oxygen atoms in total. The normalized spacial score (nSPS) is 12.6. The highest BCUT2D eigenvalue weighted by molar-refractivity contribution is 6.34. The van der Waals surface area contributed by atoms with Gasteiger partial charge in [0.05, 0.1) is 66.5 Å². The first-order chi connectivity index (χ1) is 30.7. The highest BCUT2D eigenvalue weighted by atomic mass is 16.1. The van der Waals surface area contributed by atoms with Crippen LogP contribution < -0.4 is 10.9 Å². The van der Waals surface area contributed by atoms with Crippen molar-refractivity contribution in [3.63, 3.8) is 0 Å². The fourth-order valence-corrected chi connectivity index (χ4v) is 11.5. The predicted molar refractivity (Wildman–Crippen MR) is 257 cm³/mol. The van der Waals surface area contributed by atoms with Crippen LogP contribution in [0, 0.1) is 0 Å². The van der Waals surface area contributed by atoms with Gasteiger partial charge in [-0.25, -0.2) is 0 Å². The van der Waals surface area contributed by atoms with Crippen LogP contribution in [0.2, 0.25) is 0 Å². The molecule has 0 unspecified atom stereocenters. The molecule has 0 saturated heterocycles. The topological polar surface area (TPSA) is 52.8 Å². The second kappa shape index (κ2) is 11.2.